The number of nitrogens with two attached hydrogens (primary N) is 1. The van der Waals surface area contributed by atoms with E-state index in [9.17, 15) is 0 Å². The Labute approximate surface area is 88.7 Å². The molecular weight excluding hydrogens is 198 g/mol. The molecule has 2 rings (SSSR count). The van der Waals surface area contributed by atoms with E-state index in [1.807, 2.05) is 12.1 Å². The average Bonchev–Trinajstić information content (AvgIpc) is 3.00. The van der Waals surface area contributed by atoms with E-state index in [1.54, 1.807) is 6.07 Å². The zero-order valence-electron chi connectivity index (χ0n) is 7.91. The Morgan fingerprint density at radius 1 is 1.50 bits per heavy atom. The summed E-state index contributed by atoms with van der Waals surface area (Å²) >= 11 is 5.91. The fourth-order valence-corrected chi connectivity index (χ4v) is 1.91. The summed E-state index contributed by atoms with van der Waals surface area (Å²) in [6.45, 7) is 0.0346. The summed E-state index contributed by atoms with van der Waals surface area (Å²) in [6.07, 6.45) is 2.39. The van der Waals surface area contributed by atoms with Crippen LogP contribution < -0.4 is 5.73 Å². The smallest absolute Gasteiger partial charge is 0.0685 e. The Bertz CT molecular complexity index is 336. The maximum atomic E-state index is 9.16. The predicted octanol–water partition coefficient (Wildman–Crippen LogP) is 2.24. The van der Waals surface area contributed by atoms with E-state index < -0.39 is 0 Å². The quantitative estimate of drug-likeness (QED) is 0.806. The number of halogens is 1. The topological polar surface area (TPSA) is 46.2 Å². The van der Waals surface area contributed by atoms with Gasteiger partial charge in [-0.15, -0.1) is 0 Å². The summed E-state index contributed by atoms with van der Waals surface area (Å²) in [7, 11) is 0. The van der Waals surface area contributed by atoms with Crippen LogP contribution in [-0.4, -0.2) is 5.11 Å². The first-order valence-corrected chi connectivity index (χ1v) is 5.25. The maximum absolute atomic E-state index is 9.16. The van der Waals surface area contributed by atoms with Gasteiger partial charge in [-0.2, -0.15) is 0 Å². The summed E-state index contributed by atoms with van der Waals surface area (Å²) in [5, 5.41) is 9.85. The Morgan fingerprint density at radius 2 is 2.21 bits per heavy atom. The van der Waals surface area contributed by atoms with Gasteiger partial charge in [0, 0.05) is 11.1 Å². The number of aliphatic hydroxyl groups is 1. The lowest BCUT2D eigenvalue weighted by molar-refractivity contribution is 0.279. The summed E-state index contributed by atoms with van der Waals surface area (Å²) < 4.78 is 0. The molecule has 2 nitrogen and oxygen atoms in total. The summed E-state index contributed by atoms with van der Waals surface area (Å²) in [4.78, 5) is 0. The lowest BCUT2D eigenvalue weighted by atomic mass is 9.98. The molecular formula is C11H14ClNO. The Kier molecular flexibility index (Phi) is 2.77. The van der Waals surface area contributed by atoms with Crippen LogP contribution in [0, 0.1) is 5.92 Å². The van der Waals surface area contributed by atoms with Crippen molar-refractivity contribution in [1.82, 2.24) is 0 Å². The van der Waals surface area contributed by atoms with Crippen LogP contribution in [-0.2, 0) is 6.61 Å². The lowest BCUT2D eigenvalue weighted by Crippen LogP contribution is -2.14. The molecule has 1 fully saturated rings. The molecule has 0 unspecified atom stereocenters. The fraction of sp³-hybridized carbons (Fsp3) is 0.455. The van der Waals surface area contributed by atoms with Crippen LogP contribution in [0.25, 0.3) is 0 Å². The largest absolute Gasteiger partial charge is 0.392 e. The van der Waals surface area contributed by atoms with E-state index >= 15 is 0 Å². The van der Waals surface area contributed by atoms with Crippen molar-refractivity contribution in [2.24, 2.45) is 11.7 Å². The van der Waals surface area contributed by atoms with E-state index in [2.05, 4.69) is 0 Å². The molecule has 3 N–H and O–H groups in total. The van der Waals surface area contributed by atoms with Crippen LogP contribution in [0.15, 0.2) is 18.2 Å². The highest BCUT2D eigenvalue weighted by Crippen LogP contribution is 2.40. The standard InChI is InChI=1S/C11H14ClNO/c12-9-4-3-8(6-14)10(5-9)11(13)7-1-2-7/h3-5,7,11,14H,1-2,6,13H2/t11-/m1/s1. The van der Waals surface area contributed by atoms with Gasteiger partial charge in [0.1, 0.15) is 0 Å². The predicted molar refractivity (Wildman–Crippen MR) is 57.0 cm³/mol. The zero-order chi connectivity index (χ0) is 10.1. The van der Waals surface area contributed by atoms with Crippen LogP contribution in [0.3, 0.4) is 0 Å². The van der Waals surface area contributed by atoms with Gasteiger partial charge < -0.3 is 10.8 Å². The highest BCUT2D eigenvalue weighted by Gasteiger charge is 2.30. The van der Waals surface area contributed by atoms with Crippen molar-refractivity contribution in [3.8, 4) is 0 Å². The van der Waals surface area contributed by atoms with Gasteiger partial charge in [-0.05, 0) is 42.0 Å². The molecule has 1 atom stereocenters. The number of rotatable bonds is 3. The third kappa shape index (κ3) is 1.92. The first-order valence-electron chi connectivity index (χ1n) is 4.87. The van der Waals surface area contributed by atoms with Crippen molar-refractivity contribution < 1.29 is 5.11 Å². The first-order chi connectivity index (χ1) is 6.72. The highest BCUT2D eigenvalue weighted by atomic mass is 35.5. The zero-order valence-corrected chi connectivity index (χ0v) is 8.67. The van der Waals surface area contributed by atoms with Crippen LogP contribution in [0.4, 0.5) is 0 Å². The van der Waals surface area contributed by atoms with Gasteiger partial charge in [0.25, 0.3) is 0 Å². The molecule has 1 aliphatic carbocycles. The van der Waals surface area contributed by atoms with Crippen LogP contribution in [0.2, 0.25) is 5.02 Å². The number of aliphatic hydroxyl groups excluding tert-OH is 1. The lowest BCUT2D eigenvalue weighted by Gasteiger charge is -2.15. The van der Waals surface area contributed by atoms with Crippen molar-refractivity contribution in [2.75, 3.05) is 0 Å². The molecule has 0 aliphatic heterocycles. The van der Waals surface area contributed by atoms with E-state index in [0.29, 0.717) is 10.9 Å². The Balaban J connectivity index is 2.32. The minimum Gasteiger partial charge on any atom is -0.392 e. The van der Waals surface area contributed by atoms with E-state index in [4.69, 9.17) is 22.4 Å². The molecule has 0 spiro atoms. The summed E-state index contributed by atoms with van der Waals surface area (Å²) in [5.41, 5.74) is 7.98. The van der Waals surface area contributed by atoms with Gasteiger partial charge in [0.2, 0.25) is 0 Å². The highest BCUT2D eigenvalue weighted by molar-refractivity contribution is 6.30. The monoisotopic (exact) mass is 211 g/mol. The molecule has 0 amide bonds. The minimum atomic E-state index is 0.0346. The second-order valence-electron chi connectivity index (χ2n) is 3.86. The third-order valence-corrected chi connectivity index (χ3v) is 3.00. The summed E-state index contributed by atoms with van der Waals surface area (Å²) in [6, 6.07) is 5.54. The molecule has 0 bridgehead atoms. The molecule has 14 heavy (non-hydrogen) atoms. The van der Waals surface area contributed by atoms with Gasteiger partial charge in [-0.3, -0.25) is 0 Å². The fourth-order valence-electron chi connectivity index (χ4n) is 1.73. The SMILES string of the molecule is N[C@@H](c1cc(Cl)ccc1CO)C1CC1. The molecule has 1 aromatic rings. The van der Waals surface area contributed by atoms with Crippen molar-refractivity contribution in [3.63, 3.8) is 0 Å². The Morgan fingerprint density at radius 3 is 2.79 bits per heavy atom. The first kappa shape index (κ1) is 9.97. The second-order valence-corrected chi connectivity index (χ2v) is 4.30. The van der Waals surface area contributed by atoms with Crippen molar-refractivity contribution in [1.29, 1.82) is 0 Å². The number of hydrogen-bond acceptors (Lipinski definition) is 2. The van der Waals surface area contributed by atoms with E-state index in [0.717, 1.165) is 11.1 Å². The molecule has 0 radical (unpaired) electrons. The van der Waals surface area contributed by atoms with E-state index in [-0.39, 0.29) is 12.6 Å². The number of hydrogen-bond donors (Lipinski definition) is 2. The molecule has 0 saturated heterocycles. The minimum absolute atomic E-state index is 0.0346. The van der Waals surface area contributed by atoms with Crippen molar-refractivity contribution in [2.45, 2.75) is 25.5 Å². The normalized spacial score (nSPS) is 18.2. The molecule has 1 aromatic carbocycles. The van der Waals surface area contributed by atoms with Gasteiger partial charge in [-0.25, -0.2) is 0 Å². The van der Waals surface area contributed by atoms with Crippen LogP contribution in [0.1, 0.15) is 30.0 Å². The van der Waals surface area contributed by atoms with Gasteiger partial charge >= 0.3 is 0 Å². The second kappa shape index (κ2) is 3.89. The van der Waals surface area contributed by atoms with Gasteiger partial charge in [-0.1, -0.05) is 17.7 Å². The van der Waals surface area contributed by atoms with Gasteiger partial charge in [0.15, 0.2) is 0 Å². The van der Waals surface area contributed by atoms with Gasteiger partial charge in [0.05, 0.1) is 6.61 Å². The molecule has 76 valence electrons. The molecule has 0 aromatic heterocycles. The van der Waals surface area contributed by atoms with E-state index in [1.165, 1.54) is 12.8 Å². The Hall–Kier alpha value is -0.570. The number of benzene rings is 1. The van der Waals surface area contributed by atoms with Crippen LogP contribution in [0.5, 0.6) is 0 Å². The van der Waals surface area contributed by atoms with Crippen molar-refractivity contribution in [3.05, 3.63) is 34.3 Å². The van der Waals surface area contributed by atoms with Crippen LogP contribution >= 0.6 is 11.6 Å². The average molecular weight is 212 g/mol. The summed E-state index contributed by atoms with van der Waals surface area (Å²) in [5.74, 6) is 0.582. The maximum Gasteiger partial charge on any atom is 0.0685 e. The molecule has 1 aliphatic rings. The third-order valence-electron chi connectivity index (χ3n) is 2.77. The molecule has 1 saturated carbocycles. The van der Waals surface area contributed by atoms with Crippen molar-refractivity contribution >= 4 is 11.6 Å². The molecule has 3 heteroatoms. The molecule has 0 heterocycles.